The zero-order chi connectivity index (χ0) is 20.5. The van der Waals surface area contributed by atoms with E-state index in [1.165, 1.54) is 11.8 Å². The molecule has 1 atom stereocenters. The van der Waals surface area contributed by atoms with E-state index in [2.05, 4.69) is 24.0 Å². The highest BCUT2D eigenvalue weighted by atomic mass is 32.2. The predicted octanol–water partition coefficient (Wildman–Crippen LogP) is 6.74. The van der Waals surface area contributed by atoms with Gasteiger partial charge < -0.3 is 4.98 Å². The van der Waals surface area contributed by atoms with E-state index in [0.717, 1.165) is 38.0 Å². The van der Waals surface area contributed by atoms with Crippen LogP contribution in [0.3, 0.4) is 0 Å². The van der Waals surface area contributed by atoms with Gasteiger partial charge in [0.1, 0.15) is 0 Å². The van der Waals surface area contributed by atoms with E-state index in [9.17, 15) is 4.79 Å². The number of rotatable bonds is 5. The van der Waals surface area contributed by atoms with Crippen LogP contribution >= 0.6 is 11.8 Å². The summed E-state index contributed by atoms with van der Waals surface area (Å²) in [4.78, 5) is 21.8. The second-order valence-corrected chi connectivity index (χ2v) is 8.44. The molecule has 4 heteroatoms. The first-order chi connectivity index (χ1) is 14.7. The van der Waals surface area contributed by atoms with Crippen molar-refractivity contribution in [2.75, 3.05) is 0 Å². The van der Waals surface area contributed by atoms with Crippen LogP contribution in [0.15, 0.2) is 96.2 Å². The summed E-state index contributed by atoms with van der Waals surface area (Å²) in [6, 6.07) is 28.1. The number of fused-ring (bicyclic) bond motifs is 2. The minimum atomic E-state index is -0.376. The molecule has 0 aliphatic rings. The smallest absolute Gasteiger partial charge is 0.182 e. The topological polar surface area (TPSA) is 45.8 Å². The summed E-state index contributed by atoms with van der Waals surface area (Å²) < 4.78 is 0. The predicted molar refractivity (Wildman–Crippen MR) is 124 cm³/mol. The Morgan fingerprint density at radius 2 is 1.60 bits per heavy atom. The molecule has 2 aromatic heterocycles. The van der Waals surface area contributed by atoms with Gasteiger partial charge in [0, 0.05) is 28.0 Å². The molecule has 5 aromatic rings. The Balaban J connectivity index is 1.59. The Hall–Kier alpha value is -3.37. The molecule has 0 radical (unpaired) electrons. The van der Waals surface area contributed by atoms with Gasteiger partial charge in [-0.05, 0) is 36.2 Å². The number of para-hydroxylation sites is 2. The molecule has 0 aliphatic carbocycles. The third-order valence-electron chi connectivity index (χ3n) is 5.33. The summed E-state index contributed by atoms with van der Waals surface area (Å²) in [6.45, 7) is 2.09. The number of benzene rings is 3. The third-order valence-corrected chi connectivity index (χ3v) is 6.51. The van der Waals surface area contributed by atoms with Crippen molar-refractivity contribution < 1.29 is 4.79 Å². The maximum Gasteiger partial charge on any atom is 0.182 e. The molecule has 0 saturated carbocycles. The molecule has 5 rings (SSSR count). The zero-order valence-electron chi connectivity index (χ0n) is 16.5. The highest BCUT2D eigenvalue weighted by Gasteiger charge is 2.26. The number of carbonyl (C=O) groups excluding carboxylic acids is 1. The fraction of sp³-hybridized carbons (Fsp3) is 0.0769. The average Bonchev–Trinajstić information content (AvgIpc) is 3.22. The molecule has 0 spiro atoms. The Bertz CT molecular complexity index is 1360. The summed E-state index contributed by atoms with van der Waals surface area (Å²) in [5.74, 6) is 0.0799. The van der Waals surface area contributed by atoms with Crippen LogP contribution in [0.4, 0.5) is 0 Å². The summed E-state index contributed by atoms with van der Waals surface area (Å²) >= 11 is 1.51. The number of aryl methyl sites for hydroxylation is 1. The van der Waals surface area contributed by atoms with Crippen molar-refractivity contribution in [2.45, 2.75) is 17.2 Å². The van der Waals surface area contributed by atoms with Gasteiger partial charge in [0.05, 0.1) is 15.8 Å². The first kappa shape index (κ1) is 18.6. The fourth-order valence-corrected chi connectivity index (χ4v) is 4.98. The normalized spacial score (nSPS) is 12.3. The maximum atomic E-state index is 13.7. The van der Waals surface area contributed by atoms with Crippen molar-refractivity contribution in [1.29, 1.82) is 0 Å². The van der Waals surface area contributed by atoms with Crippen molar-refractivity contribution in [1.82, 2.24) is 9.97 Å². The molecule has 1 unspecified atom stereocenters. The first-order valence-corrected chi connectivity index (χ1v) is 10.8. The molecular formula is C26H20N2OS. The van der Waals surface area contributed by atoms with Crippen LogP contribution in [-0.4, -0.2) is 15.8 Å². The zero-order valence-corrected chi connectivity index (χ0v) is 17.3. The van der Waals surface area contributed by atoms with E-state index in [1.54, 1.807) is 0 Å². The van der Waals surface area contributed by atoms with E-state index < -0.39 is 0 Å². The standard InChI is InChI=1S/C26H20N2OS/c1-17-15-24(28-23-14-8-5-11-19(17)23)30-26(18-9-3-2-4-10-18)25(29)21-16-27-22-13-7-6-12-20(21)22/h2-16,26-27H,1H3. The quantitative estimate of drug-likeness (QED) is 0.259. The van der Waals surface area contributed by atoms with Gasteiger partial charge >= 0.3 is 0 Å². The van der Waals surface area contributed by atoms with Crippen LogP contribution in [0.2, 0.25) is 0 Å². The highest BCUT2D eigenvalue weighted by Crippen LogP contribution is 2.39. The Kier molecular flexibility index (Phi) is 4.85. The van der Waals surface area contributed by atoms with Gasteiger partial charge in [-0.15, -0.1) is 0 Å². The summed E-state index contributed by atoms with van der Waals surface area (Å²) in [5, 5.41) is 2.57. The highest BCUT2D eigenvalue weighted by molar-refractivity contribution is 8.00. The van der Waals surface area contributed by atoms with Gasteiger partial charge in [-0.25, -0.2) is 4.98 Å². The van der Waals surface area contributed by atoms with Gasteiger partial charge in [0.15, 0.2) is 5.78 Å². The first-order valence-electron chi connectivity index (χ1n) is 9.89. The number of nitrogens with one attached hydrogen (secondary N) is 1. The molecule has 0 amide bonds. The van der Waals surface area contributed by atoms with Crippen molar-refractivity contribution in [3.63, 3.8) is 0 Å². The van der Waals surface area contributed by atoms with E-state index in [-0.39, 0.29) is 11.0 Å². The fourth-order valence-electron chi connectivity index (χ4n) is 3.82. The van der Waals surface area contributed by atoms with Gasteiger partial charge in [0.25, 0.3) is 0 Å². The number of ketones is 1. The lowest BCUT2D eigenvalue weighted by atomic mass is 10.0. The van der Waals surface area contributed by atoms with Gasteiger partial charge in [0.2, 0.25) is 0 Å². The number of hydrogen-bond donors (Lipinski definition) is 1. The van der Waals surface area contributed by atoms with Gasteiger partial charge in [-0.2, -0.15) is 0 Å². The van der Waals surface area contributed by atoms with E-state index >= 15 is 0 Å². The lowest BCUT2D eigenvalue weighted by molar-refractivity contribution is 0.0991. The number of carbonyl (C=O) groups is 1. The lowest BCUT2D eigenvalue weighted by Gasteiger charge is -2.16. The second kappa shape index (κ2) is 7.81. The minimum absolute atomic E-state index is 0.0799. The average molecular weight is 409 g/mol. The monoisotopic (exact) mass is 408 g/mol. The minimum Gasteiger partial charge on any atom is -0.360 e. The number of hydrogen-bond acceptors (Lipinski definition) is 3. The van der Waals surface area contributed by atoms with Crippen LogP contribution in [0, 0.1) is 6.92 Å². The molecule has 30 heavy (non-hydrogen) atoms. The van der Waals surface area contributed by atoms with E-state index in [4.69, 9.17) is 4.98 Å². The number of pyridine rings is 1. The SMILES string of the molecule is Cc1cc(SC(C(=O)c2c[nH]c3ccccc23)c2ccccc2)nc2ccccc12. The number of nitrogens with zero attached hydrogens (tertiary/aromatic N) is 1. The number of H-pyrrole nitrogens is 1. The van der Waals surface area contributed by atoms with E-state index in [1.807, 2.05) is 79.0 Å². The van der Waals surface area contributed by atoms with Crippen molar-refractivity contribution in [2.24, 2.45) is 0 Å². The molecule has 3 nitrogen and oxygen atoms in total. The summed E-state index contributed by atoms with van der Waals surface area (Å²) in [6.07, 6.45) is 1.82. The molecule has 0 fully saturated rings. The van der Waals surface area contributed by atoms with Crippen LogP contribution in [0.5, 0.6) is 0 Å². The molecule has 2 heterocycles. The number of aromatic amines is 1. The third kappa shape index (κ3) is 3.40. The molecular weight excluding hydrogens is 388 g/mol. The maximum absolute atomic E-state index is 13.7. The summed E-state index contributed by atoms with van der Waals surface area (Å²) in [7, 11) is 0. The number of aromatic nitrogens is 2. The second-order valence-electron chi connectivity index (χ2n) is 7.32. The van der Waals surface area contributed by atoms with Crippen molar-refractivity contribution in [3.8, 4) is 0 Å². The molecule has 0 bridgehead atoms. The van der Waals surface area contributed by atoms with Crippen molar-refractivity contribution in [3.05, 3.63) is 108 Å². The molecule has 1 N–H and O–H groups in total. The Morgan fingerprint density at radius 3 is 2.43 bits per heavy atom. The van der Waals surface area contributed by atoms with Crippen molar-refractivity contribution >= 4 is 39.4 Å². The lowest BCUT2D eigenvalue weighted by Crippen LogP contribution is -2.10. The molecule has 146 valence electrons. The number of thioether (sulfide) groups is 1. The number of Topliss-reactive ketones (excluding diaryl/α,β-unsaturated/α-hetero) is 1. The molecule has 0 saturated heterocycles. The summed E-state index contributed by atoms with van der Waals surface area (Å²) in [5.41, 5.74) is 4.77. The largest absolute Gasteiger partial charge is 0.360 e. The van der Waals surface area contributed by atoms with Crippen LogP contribution in [0.25, 0.3) is 21.8 Å². The van der Waals surface area contributed by atoms with Crippen LogP contribution < -0.4 is 0 Å². The molecule has 0 aliphatic heterocycles. The van der Waals surface area contributed by atoms with Crippen LogP contribution in [-0.2, 0) is 0 Å². The van der Waals surface area contributed by atoms with E-state index in [0.29, 0.717) is 5.56 Å². The Morgan fingerprint density at radius 1 is 0.900 bits per heavy atom. The van der Waals surface area contributed by atoms with Crippen LogP contribution in [0.1, 0.15) is 26.7 Å². The van der Waals surface area contributed by atoms with Gasteiger partial charge in [-0.3, -0.25) is 4.79 Å². The molecule has 3 aromatic carbocycles. The Labute approximate surface area is 179 Å². The van der Waals surface area contributed by atoms with Gasteiger partial charge in [-0.1, -0.05) is 78.5 Å².